The van der Waals surface area contributed by atoms with Crippen molar-refractivity contribution in [3.63, 3.8) is 0 Å². The minimum absolute atomic E-state index is 0.265. The van der Waals surface area contributed by atoms with Gasteiger partial charge in [0.2, 0.25) is 0 Å². The third-order valence-corrected chi connectivity index (χ3v) is 4.89. The van der Waals surface area contributed by atoms with Gasteiger partial charge in [-0.2, -0.15) is 0 Å². The maximum absolute atomic E-state index is 12.4. The van der Waals surface area contributed by atoms with Crippen LogP contribution in [-0.4, -0.2) is 22.1 Å². The van der Waals surface area contributed by atoms with Gasteiger partial charge in [0.05, 0.1) is 34.9 Å². The molecule has 29 heavy (non-hydrogen) atoms. The number of aromatic nitrogens is 2. The first-order valence-corrected chi connectivity index (χ1v) is 9.68. The second-order valence-corrected chi connectivity index (χ2v) is 6.97. The Morgan fingerprint density at radius 1 is 1.17 bits per heavy atom. The fraction of sp³-hybridized carbons (Fsp3) is 0.182. The third kappa shape index (κ3) is 4.12. The average molecular weight is 410 g/mol. The molecule has 4 rings (SSSR count). The molecule has 1 amide bonds. The number of furan rings is 1. The van der Waals surface area contributed by atoms with Crippen LogP contribution >= 0.6 is 11.6 Å². The van der Waals surface area contributed by atoms with E-state index >= 15 is 0 Å². The lowest BCUT2D eigenvalue weighted by atomic mass is 10.3. The number of carbonyl (C=O) groups is 1. The van der Waals surface area contributed by atoms with Gasteiger partial charge in [-0.1, -0.05) is 35.9 Å². The van der Waals surface area contributed by atoms with E-state index in [1.807, 2.05) is 49.4 Å². The summed E-state index contributed by atoms with van der Waals surface area (Å²) in [4.78, 5) is 17.1. The molecular weight excluding hydrogens is 390 g/mol. The molecule has 2 heterocycles. The summed E-state index contributed by atoms with van der Waals surface area (Å²) in [6.45, 7) is 2.87. The van der Waals surface area contributed by atoms with E-state index in [9.17, 15) is 4.79 Å². The lowest BCUT2D eigenvalue weighted by Gasteiger charge is -2.16. The maximum atomic E-state index is 12.4. The van der Waals surface area contributed by atoms with Gasteiger partial charge in [-0.05, 0) is 43.3 Å². The Hall–Kier alpha value is -3.25. The summed E-state index contributed by atoms with van der Waals surface area (Å²) in [7, 11) is 0. The zero-order chi connectivity index (χ0) is 20.2. The monoisotopic (exact) mass is 409 g/mol. The van der Waals surface area contributed by atoms with Crippen molar-refractivity contribution in [3.05, 3.63) is 83.5 Å². The molecular formula is C22H20ClN3O3. The van der Waals surface area contributed by atoms with E-state index in [2.05, 4.69) is 9.88 Å². The van der Waals surface area contributed by atoms with Gasteiger partial charge in [0.25, 0.3) is 5.91 Å². The quantitative estimate of drug-likeness (QED) is 0.473. The van der Waals surface area contributed by atoms with Crippen LogP contribution in [0.2, 0.25) is 5.02 Å². The number of nitrogens with zero attached hydrogens (tertiary/aromatic N) is 2. The number of benzene rings is 2. The van der Waals surface area contributed by atoms with Crippen molar-refractivity contribution >= 4 is 28.5 Å². The molecule has 148 valence electrons. The molecule has 0 unspecified atom stereocenters. The van der Waals surface area contributed by atoms with Crippen LogP contribution in [-0.2, 0) is 6.54 Å². The van der Waals surface area contributed by atoms with Gasteiger partial charge < -0.3 is 19.0 Å². The number of amides is 1. The van der Waals surface area contributed by atoms with E-state index in [1.165, 1.54) is 6.26 Å². The summed E-state index contributed by atoms with van der Waals surface area (Å²) in [6, 6.07) is 18.2. The predicted octanol–water partition coefficient (Wildman–Crippen LogP) is 4.85. The Balaban J connectivity index is 1.55. The van der Waals surface area contributed by atoms with Crippen molar-refractivity contribution in [2.45, 2.75) is 19.5 Å². The Bertz CT molecular complexity index is 1120. The molecule has 0 aliphatic rings. The standard InChI is InChI=1S/C22H20ClN3O3/c1-15(24-22(27)20-11-6-13-28-20)21-25-17-8-3-4-9-18(17)26(21)12-14-29-19-10-5-2-7-16(19)23/h2-11,13,15H,12,14H2,1H3,(H,24,27)/t15-/m0/s1. The Morgan fingerprint density at radius 3 is 2.76 bits per heavy atom. The summed E-state index contributed by atoms with van der Waals surface area (Å²) in [5.41, 5.74) is 1.84. The van der Waals surface area contributed by atoms with Crippen LogP contribution in [0.3, 0.4) is 0 Å². The molecule has 0 saturated heterocycles. The van der Waals surface area contributed by atoms with Gasteiger partial charge in [-0.25, -0.2) is 4.98 Å². The van der Waals surface area contributed by atoms with E-state index in [0.717, 1.165) is 16.9 Å². The summed E-state index contributed by atoms with van der Waals surface area (Å²) < 4.78 is 13.1. The first kappa shape index (κ1) is 19.1. The average Bonchev–Trinajstić information content (AvgIpc) is 3.38. The number of ether oxygens (including phenoxy) is 1. The van der Waals surface area contributed by atoms with Crippen LogP contribution in [0.1, 0.15) is 29.3 Å². The van der Waals surface area contributed by atoms with Crippen molar-refractivity contribution in [1.29, 1.82) is 0 Å². The number of hydrogen-bond donors (Lipinski definition) is 1. The zero-order valence-electron chi connectivity index (χ0n) is 15.8. The van der Waals surface area contributed by atoms with Crippen LogP contribution in [0.25, 0.3) is 11.0 Å². The van der Waals surface area contributed by atoms with Crippen LogP contribution in [0.4, 0.5) is 0 Å². The van der Waals surface area contributed by atoms with Crippen LogP contribution in [0.5, 0.6) is 5.75 Å². The molecule has 0 aliphatic carbocycles. The molecule has 2 aromatic carbocycles. The Kier molecular flexibility index (Phi) is 5.53. The SMILES string of the molecule is C[C@H](NC(=O)c1ccco1)c1nc2ccccc2n1CCOc1ccccc1Cl. The molecule has 1 N–H and O–H groups in total. The van der Waals surface area contributed by atoms with Gasteiger partial charge in [0.1, 0.15) is 18.2 Å². The summed E-state index contributed by atoms with van der Waals surface area (Å²) in [5, 5.41) is 3.51. The smallest absolute Gasteiger partial charge is 0.287 e. The summed E-state index contributed by atoms with van der Waals surface area (Å²) >= 11 is 6.17. The van der Waals surface area contributed by atoms with Crippen LogP contribution in [0, 0.1) is 0 Å². The predicted molar refractivity (Wildman–Crippen MR) is 111 cm³/mol. The topological polar surface area (TPSA) is 69.3 Å². The number of nitrogens with one attached hydrogen (secondary N) is 1. The van der Waals surface area contributed by atoms with E-state index in [1.54, 1.807) is 18.2 Å². The van der Waals surface area contributed by atoms with Gasteiger partial charge in [-0.15, -0.1) is 0 Å². The fourth-order valence-electron chi connectivity index (χ4n) is 3.21. The van der Waals surface area contributed by atoms with E-state index in [-0.39, 0.29) is 17.7 Å². The molecule has 4 aromatic rings. The van der Waals surface area contributed by atoms with Gasteiger partial charge in [0, 0.05) is 0 Å². The molecule has 0 aliphatic heterocycles. The lowest BCUT2D eigenvalue weighted by molar-refractivity contribution is 0.0909. The number of fused-ring (bicyclic) bond motifs is 1. The van der Waals surface area contributed by atoms with Crippen molar-refractivity contribution < 1.29 is 13.9 Å². The van der Waals surface area contributed by atoms with E-state index in [0.29, 0.717) is 23.9 Å². The fourth-order valence-corrected chi connectivity index (χ4v) is 3.40. The Labute approximate surface area is 173 Å². The number of para-hydroxylation sites is 3. The number of hydrogen-bond acceptors (Lipinski definition) is 4. The van der Waals surface area contributed by atoms with E-state index in [4.69, 9.17) is 25.7 Å². The number of halogens is 1. The Morgan fingerprint density at radius 2 is 1.97 bits per heavy atom. The van der Waals surface area contributed by atoms with Crippen molar-refractivity contribution in [2.75, 3.05) is 6.61 Å². The highest BCUT2D eigenvalue weighted by atomic mass is 35.5. The molecule has 0 fully saturated rings. The molecule has 1 atom stereocenters. The first-order chi connectivity index (χ1) is 14.1. The second kappa shape index (κ2) is 8.41. The number of imidazole rings is 1. The molecule has 0 radical (unpaired) electrons. The first-order valence-electron chi connectivity index (χ1n) is 9.30. The van der Waals surface area contributed by atoms with Gasteiger partial charge in [0.15, 0.2) is 5.76 Å². The number of rotatable bonds is 7. The minimum atomic E-state index is -0.319. The molecule has 2 aromatic heterocycles. The second-order valence-electron chi connectivity index (χ2n) is 6.56. The largest absolute Gasteiger partial charge is 0.490 e. The summed E-state index contributed by atoms with van der Waals surface area (Å²) in [5.74, 6) is 1.36. The highest BCUT2D eigenvalue weighted by Gasteiger charge is 2.20. The summed E-state index contributed by atoms with van der Waals surface area (Å²) in [6.07, 6.45) is 1.47. The zero-order valence-corrected chi connectivity index (χ0v) is 16.6. The highest BCUT2D eigenvalue weighted by molar-refractivity contribution is 6.32. The van der Waals surface area contributed by atoms with E-state index < -0.39 is 0 Å². The van der Waals surface area contributed by atoms with Gasteiger partial charge in [-0.3, -0.25) is 4.79 Å². The van der Waals surface area contributed by atoms with Crippen LogP contribution in [0.15, 0.2) is 71.3 Å². The highest BCUT2D eigenvalue weighted by Crippen LogP contribution is 2.24. The maximum Gasteiger partial charge on any atom is 0.287 e. The number of carbonyl (C=O) groups excluding carboxylic acids is 1. The van der Waals surface area contributed by atoms with Crippen molar-refractivity contribution in [3.8, 4) is 5.75 Å². The molecule has 0 saturated carbocycles. The molecule has 0 bridgehead atoms. The lowest BCUT2D eigenvalue weighted by Crippen LogP contribution is -2.28. The van der Waals surface area contributed by atoms with Crippen LogP contribution < -0.4 is 10.1 Å². The van der Waals surface area contributed by atoms with Gasteiger partial charge >= 0.3 is 0 Å². The third-order valence-electron chi connectivity index (χ3n) is 4.57. The normalized spacial score (nSPS) is 12.1. The van der Waals surface area contributed by atoms with Crippen molar-refractivity contribution in [2.24, 2.45) is 0 Å². The minimum Gasteiger partial charge on any atom is -0.490 e. The molecule has 6 nitrogen and oxygen atoms in total. The molecule has 0 spiro atoms. The van der Waals surface area contributed by atoms with Crippen molar-refractivity contribution in [1.82, 2.24) is 14.9 Å². The molecule has 7 heteroatoms.